The van der Waals surface area contributed by atoms with Gasteiger partial charge in [-0.15, -0.1) is 0 Å². The zero-order chi connectivity index (χ0) is 33.0. The molecule has 1 aliphatic carbocycles. The second-order valence-electron chi connectivity index (χ2n) is 13.0. The smallest absolute Gasteiger partial charge is 0.106 e. The first kappa shape index (κ1) is 31.2. The molecule has 0 amide bonds. The van der Waals surface area contributed by atoms with Crippen molar-refractivity contribution in [2.45, 2.75) is 26.7 Å². The van der Waals surface area contributed by atoms with Gasteiger partial charge in [0.25, 0.3) is 0 Å². The van der Waals surface area contributed by atoms with Crippen LogP contribution in [-0.4, -0.2) is 9.97 Å². The number of rotatable bonds is 4. The van der Waals surface area contributed by atoms with E-state index in [1.165, 1.54) is 32.7 Å². The predicted molar refractivity (Wildman–Crippen MR) is 211 cm³/mol. The first-order valence-corrected chi connectivity index (χ1v) is 16.9. The van der Waals surface area contributed by atoms with Gasteiger partial charge < -0.3 is 0 Å². The number of aryl methyl sites for hydroxylation is 2. The van der Waals surface area contributed by atoms with E-state index in [-0.39, 0.29) is 7.43 Å². The lowest BCUT2D eigenvalue weighted by Crippen LogP contribution is -2.34. The summed E-state index contributed by atoms with van der Waals surface area (Å²) in [5, 5.41) is 4.96. The van der Waals surface area contributed by atoms with Crippen LogP contribution in [0.4, 0.5) is 0 Å². The number of aromatic nitrogens is 2. The van der Waals surface area contributed by atoms with Crippen molar-refractivity contribution in [2.24, 2.45) is 0 Å². The van der Waals surface area contributed by atoms with Crippen LogP contribution in [0.3, 0.4) is 0 Å². The number of hydrogen-bond donors (Lipinski definition) is 0. The van der Waals surface area contributed by atoms with Gasteiger partial charge in [0.15, 0.2) is 0 Å². The standard InChI is InChI=1S/C47H34N2.CH4/c1-31-37-17-7-3-13-33(37)27-29-39(31)43-21-11-23-45(48-43)47(41-19-9-5-15-35(41)25-26-36-16-6-10-20-42(36)47)46-24-12-22-44(49-46)40-30-28-34-14-4-8-18-38(34)32(40)2;/h3-30H,1-2H3;1H4. The second-order valence-corrected chi connectivity index (χ2v) is 13.0. The molecule has 2 nitrogen and oxygen atoms in total. The van der Waals surface area contributed by atoms with E-state index in [1.807, 2.05) is 0 Å². The van der Waals surface area contributed by atoms with Crippen LogP contribution < -0.4 is 0 Å². The highest BCUT2D eigenvalue weighted by molar-refractivity contribution is 5.92. The molecule has 0 aliphatic heterocycles. The molecule has 50 heavy (non-hydrogen) atoms. The van der Waals surface area contributed by atoms with Gasteiger partial charge in [0.1, 0.15) is 5.41 Å². The summed E-state index contributed by atoms with van der Waals surface area (Å²) in [5.74, 6) is 0. The Morgan fingerprint density at radius 2 is 0.820 bits per heavy atom. The van der Waals surface area contributed by atoms with Crippen LogP contribution in [0, 0.1) is 13.8 Å². The lowest BCUT2D eigenvalue weighted by Gasteiger charge is -2.36. The van der Waals surface area contributed by atoms with Crippen molar-refractivity contribution < 1.29 is 0 Å². The SMILES string of the molecule is C.Cc1c(-c2cccc(C3(c4cccc(-c5ccc6ccccc6c5C)n4)c4ccccc4C=Cc4ccccc43)n2)ccc2ccccc12. The molecule has 2 heterocycles. The molecule has 0 unspecified atom stereocenters. The van der Waals surface area contributed by atoms with E-state index in [1.54, 1.807) is 0 Å². The molecular formula is C48H38N2. The second kappa shape index (κ2) is 12.4. The van der Waals surface area contributed by atoms with Crippen molar-refractivity contribution in [3.8, 4) is 22.5 Å². The molecular weight excluding hydrogens is 605 g/mol. The van der Waals surface area contributed by atoms with Crippen LogP contribution >= 0.6 is 0 Å². The van der Waals surface area contributed by atoms with E-state index < -0.39 is 5.41 Å². The van der Waals surface area contributed by atoms with Crippen LogP contribution in [0.25, 0.3) is 56.2 Å². The summed E-state index contributed by atoms with van der Waals surface area (Å²) in [5.41, 5.74) is 12.4. The van der Waals surface area contributed by atoms with Gasteiger partial charge in [0, 0.05) is 11.1 Å². The van der Waals surface area contributed by atoms with Crippen molar-refractivity contribution in [1.29, 1.82) is 0 Å². The Balaban J connectivity index is 0.00000361. The lowest BCUT2D eigenvalue weighted by molar-refractivity contribution is 0.688. The summed E-state index contributed by atoms with van der Waals surface area (Å²) < 4.78 is 0. The Morgan fingerprint density at radius 3 is 1.30 bits per heavy atom. The van der Waals surface area contributed by atoms with E-state index in [9.17, 15) is 0 Å². The van der Waals surface area contributed by atoms with Gasteiger partial charge in [-0.3, -0.25) is 9.97 Å². The zero-order valence-corrected chi connectivity index (χ0v) is 27.6. The Morgan fingerprint density at radius 1 is 0.400 bits per heavy atom. The molecule has 0 spiro atoms. The summed E-state index contributed by atoms with van der Waals surface area (Å²) in [6, 6.07) is 56.5. The van der Waals surface area contributed by atoms with Crippen LogP contribution in [0.5, 0.6) is 0 Å². The maximum atomic E-state index is 5.62. The number of nitrogens with zero attached hydrogens (tertiary/aromatic N) is 2. The number of fused-ring (bicyclic) bond motifs is 4. The highest BCUT2D eigenvalue weighted by atomic mass is 14.8. The minimum absolute atomic E-state index is 0. The predicted octanol–water partition coefficient (Wildman–Crippen LogP) is 12.2. The van der Waals surface area contributed by atoms with E-state index in [2.05, 4.69) is 184 Å². The van der Waals surface area contributed by atoms with E-state index >= 15 is 0 Å². The fourth-order valence-electron chi connectivity index (χ4n) is 7.97. The average molecular weight is 643 g/mol. The lowest BCUT2D eigenvalue weighted by atomic mass is 9.67. The Bertz CT molecular complexity index is 2410. The van der Waals surface area contributed by atoms with Crippen molar-refractivity contribution in [3.05, 3.63) is 202 Å². The van der Waals surface area contributed by atoms with Gasteiger partial charge >= 0.3 is 0 Å². The molecule has 1 aliphatic rings. The third-order valence-corrected chi connectivity index (χ3v) is 10.4. The number of hydrogen-bond acceptors (Lipinski definition) is 2. The minimum Gasteiger partial charge on any atom is -0.251 e. The average Bonchev–Trinajstić information content (AvgIpc) is 3.31. The summed E-state index contributed by atoms with van der Waals surface area (Å²) in [6.45, 7) is 4.41. The monoisotopic (exact) mass is 642 g/mol. The van der Waals surface area contributed by atoms with Crippen LogP contribution in [-0.2, 0) is 5.41 Å². The molecule has 0 bridgehead atoms. The Labute approximate surface area is 294 Å². The van der Waals surface area contributed by atoms with Crippen molar-refractivity contribution >= 4 is 33.7 Å². The van der Waals surface area contributed by atoms with E-state index in [0.29, 0.717) is 0 Å². The highest BCUT2D eigenvalue weighted by Gasteiger charge is 2.44. The zero-order valence-electron chi connectivity index (χ0n) is 27.6. The quantitative estimate of drug-likeness (QED) is 0.191. The number of pyridine rings is 2. The van der Waals surface area contributed by atoms with Gasteiger partial charge in [0.05, 0.1) is 22.8 Å². The summed E-state index contributed by atoms with van der Waals surface area (Å²) in [4.78, 5) is 11.2. The summed E-state index contributed by atoms with van der Waals surface area (Å²) in [6.07, 6.45) is 4.48. The topological polar surface area (TPSA) is 25.8 Å². The fraction of sp³-hybridized carbons (Fsp3) is 0.0833. The molecule has 9 rings (SSSR count). The maximum Gasteiger partial charge on any atom is 0.106 e. The van der Waals surface area contributed by atoms with Crippen molar-refractivity contribution in [2.75, 3.05) is 0 Å². The minimum atomic E-state index is -0.793. The van der Waals surface area contributed by atoms with Gasteiger partial charge in [-0.05, 0) is 93.0 Å². The summed E-state index contributed by atoms with van der Waals surface area (Å²) in [7, 11) is 0. The molecule has 0 radical (unpaired) electrons. The maximum absolute atomic E-state index is 5.62. The van der Waals surface area contributed by atoms with Gasteiger partial charge in [-0.2, -0.15) is 0 Å². The van der Waals surface area contributed by atoms with Crippen LogP contribution in [0.2, 0.25) is 0 Å². The highest BCUT2D eigenvalue weighted by Crippen LogP contribution is 2.49. The van der Waals surface area contributed by atoms with Gasteiger partial charge in [0.2, 0.25) is 0 Å². The molecule has 0 N–H and O–H groups in total. The molecule has 2 heteroatoms. The van der Waals surface area contributed by atoms with Crippen molar-refractivity contribution in [1.82, 2.24) is 9.97 Å². The van der Waals surface area contributed by atoms with E-state index in [4.69, 9.17) is 9.97 Å². The third kappa shape index (κ3) is 4.79. The van der Waals surface area contributed by atoms with Crippen LogP contribution in [0.1, 0.15) is 52.2 Å². The molecule has 0 saturated carbocycles. The first-order valence-electron chi connectivity index (χ1n) is 16.9. The number of benzene rings is 6. The van der Waals surface area contributed by atoms with Crippen LogP contribution in [0.15, 0.2) is 158 Å². The first-order chi connectivity index (χ1) is 24.1. The molecule has 0 atom stereocenters. The summed E-state index contributed by atoms with van der Waals surface area (Å²) >= 11 is 0. The largest absolute Gasteiger partial charge is 0.251 e. The fourth-order valence-corrected chi connectivity index (χ4v) is 7.97. The molecule has 240 valence electrons. The van der Waals surface area contributed by atoms with Gasteiger partial charge in [-0.25, -0.2) is 0 Å². The third-order valence-electron chi connectivity index (χ3n) is 10.4. The van der Waals surface area contributed by atoms with E-state index in [0.717, 1.165) is 56.2 Å². The molecule has 0 saturated heterocycles. The molecule has 6 aromatic carbocycles. The Hall–Kier alpha value is -6.12. The Kier molecular flexibility index (Phi) is 7.73. The van der Waals surface area contributed by atoms with Gasteiger partial charge in [-0.1, -0.05) is 153 Å². The molecule has 2 aromatic heterocycles. The molecule has 8 aromatic rings. The molecule has 0 fully saturated rings. The van der Waals surface area contributed by atoms with Crippen molar-refractivity contribution in [3.63, 3.8) is 0 Å². The normalized spacial score (nSPS) is 12.9.